The zero-order chi connectivity index (χ0) is 29.1. The molecule has 224 valence electrons. The molecule has 0 bridgehead atoms. The smallest absolute Gasteiger partial charge is 0.185 e. The maximum absolute atomic E-state index is 5.28. The largest absolute Gasteiger partial charge is 0.483 e. The van der Waals surface area contributed by atoms with Gasteiger partial charge < -0.3 is 20.3 Å². The molecule has 0 aromatic carbocycles. The Balaban J connectivity index is -0.000000423. The van der Waals surface area contributed by atoms with Crippen molar-refractivity contribution in [1.29, 1.82) is 0 Å². The van der Waals surface area contributed by atoms with Gasteiger partial charge in [-0.25, -0.2) is 0 Å². The maximum atomic E-state index is 5.28. The van der Waals surface area contributed by atoms with E-state index in [1.807, 2.05) is 13.8 Å². The van der Waals surface area contributed by atoms with Gasteiger partial charge in [-0.1, -0.05) is 91.1 Å². The van der Waals surface area contributed by atoms with Gasteiger partial charge in [-0.3, -0.25) is 0 Å². The highest BCUT2D eigenvalue weighted by atomic mass is 16.5. The molecule has 0 saturated heterocycles. The molecule has 2 fully saturated rings. The van der Waals surface area contributed by atoms with Crippen molar-refractivity contribution in [3.8, 4) is 0 Å². The normalized spacial score (nSPS) is 15.1. The van der Waals surface area contributed by atoms with Crippen molar-refractivity contribution >= 4 is 0 Å². The zero-order valence-corrected chi connectivity index (χ0v) is 27.9. The van der Waals surface area contributed by atoms with Crippen LogP contribution in [-0.2, 0) is 4.74 Å². The predicted molar refractivity (Wildman–Crippen MR) is 170 cm³/mol. The van der Waals surface area contributed by atoms with Crippen molar-refractivity contribution in [3.05, 3.63) is 22.7 Å². The van der Waals surface area contributed by atoms with Gasteiger partial charge in [0.2, 0.25) is 0 Å². The molecule has 2 aliphatic carbocycles. The van der Waals surface area contributed by atoms with Crippen LogP contribution in [-0.4, -0.2) is 45.2 Å². The van der Waals surface area contributed by atoms with Gasteiger partial charge in [0.15, 0.2) is 5.88 Å². The number of hydrogen-bond donors (Lipinski definition) is 2. The van der Waals surface area contributed by atoms with Gasteiger partial charge >= 0.3 is 0 Å². The average molecular weight is 526 g/mol. The molecule has 2 aliphatic rings. The highest BCUT2D eigenvalue weighted by Gasteiger charge is 2.14. The van der Waals surface area contributed by atoms with Gasteiger partial charge in [0.25, 0.3) is 0 Å². The summed E-state index contributed by atoms with van der Waals surface area (Å²) in [5.41, 5.74) is 3.90. The first-order chi connectivity index (χ1) is 17.6. The molecule has 0 aliphatic heterocycles. The summed E-state index contributed by atoms with van der Waals surface area (Å²) in [5, 5.41) is 6.69. The summed E-state index contributed by atoms with van der Waals surface area (Å²) >= 11 is 0. The molecule has 0 amide bonds. The first kappa shape index (κ1) is 40.3. The monoisotopic (exact) mass is 526 g/mol. The second-order valence-corrected chi connectivity index (χ2v) is 11.1. The van der Waals surface area contributed by atoms with E-state index in [0.29, 0.717) is 6.04 Å². The van der Waals surface area contributed by atoms with Crippen molar-refractivity contribution in [3.63, 3.8) is 0 Å². The van der Waals surface area contributed by atoms with Crippen molar-refractivity contribution in [2.24, 2.45) is 5.92 Å². The number of methoxy groups -OCH3 is 1. The van der Waals surface area contributed by atoms with Crippen LogP contribution >= 0.6 is 0 Å². The SMILES string of the molecule is CC.CC1CCCCC1.CCCCN(C)C.CCNC(C)=C(C)C.COC(NC1CCCCC1)=C(C)C. The molecule has 0 unspecified atom stereocenters. The van der Waals surface area contributed by atoms with Gasteiger partial charge in [0.05, 0.1) is 7.11 Å². The molecular weight excluding hydrogens is 454 g/mol. The van der Waals surface area contributed by atoms with E-state index in [4.69, 9.17) is 4.74 Å². The van der Waals surface area contributed by atoms with Gasteiger partial charge in [-0.05, 0) is 92.9 Å². The van der Waals surface area contributed by atoms with Crippen LogP contribution in [0, 0.1) is 5.92 Å². The molecule has 37 heavy (non-hydrogen) atoms. The highest BCUT2D eigenvalue weighted by molar-refractivity contribution is 5.03. The number of rotatable bonds is 8. The molecule has 0 aromatic rings. The summed E-state index contributed by atoms with van der Waals surface area (Å²) in [6.07, 6.45) is 16.8. The summed E-state index contributed by atoms with van der Waals surface area (Å²) in [7, 11) is 5.95. The fourth-order valence-corrected chi connectivity index (χ4v) is 4.06. The second-order valence-electron chi connectivity index (χ2n) is 11.1. The lowest BCUT2D eigenvalue weighted by Gasteiger charge is -2.25. The van der Waals surface area contributed by atoms with E-state index in [1.54, 1.807) is 7.11 Å². The predicted octanol–water partition coefficient (Wildman–Crippen LogP) is 9.68. The van der Waals surface area contributed by atoms with E-state index in [9.17, 15) is 0 Å². The second kappa shape index (κ2) is 29.4. The molecule has 4 heteroatoms. The van der Waals surface area contributed by atoms with Crippen LogP contribution in [0.15, 0.2) is 22.7 Å². The Morgan fingerprint density at radius 1 is 0.784 bits per heavy atom. The summed E-state index contributed by atoms with van der Waals surface area (Å²) in [4.78, 5) is 2.21. The van der Waals surface area contributed by atoms with Crippen LogP contribution in [0.4, 0.5) is 0 Å². The van der Waals surface area contributed by atoms with Crippen LogP contribution in [0.2, 0.25) is 0 Å². The van der Waals surface area contributed by atoms with Gasteiger partial charge in [0, 0.05) is 18.3 Å². The molecule has 0 radical (unpaired) electrons. The topological polar surface area (TPSA) is 36.5 Å². The van der Waals surface area contributed by atoms with E-state index in [0.717, 1.165) is 18.3 Å². The van der Waals surface area contributed by atoms with E-state index in [-0.39, 0.29) is 0 Å². The fourth-order valence-electron chi connectivity index (χ4n) is 4.06. The lowest BCUT2D eigenvalue weighted by molar-refractivity contribution is 0.231. The molecule has 0 atom stereocenters. The Kier molecular flexibility index (Phi) is 32.0. The number of ether oxygens (including phenoxy) is 1. The van der Waals surface area contributed by atoms with Crippen LogP contribution < -0.4 is 10.6 Å². The van der Waals surface area contributed by atoms with E-state index in [1.165, 1.54) is 100 Å². The zero-order valence-electron chi connectivity index (χ0n) is 27.9. The first-order valence-corrected chi connectivity index (χ1v) is 15.6. The van der Waals surface area contributed by atoms with Crippen LogP contribution in [0.1, 0.15) is 146 Å². The Hall–Kier alpha value is -1.16. The standard InChI is InChI=1S/C11H21NO.C7H15N.C7H14.C6H15N.C2H6/c1-9(2)11(13-3)12-10-7-5-4-6-8-10;1-5-8-7(4)6(2)3;1-7-5-3-2-4-6-7;1-4-5-6-7(2)3;1-2/h10,12H,4-8H2,1-3H3;8H,5H2,1-4H3;7H,2-6H2,1H3;4-6H2,1-3H3;1-2H3. The summed E-state index contributed by atoms with van der Waals surface area (Å²) < 4.78 is 5.28. The molecule has 2 rings (SSSR count). The van der Waals surface area contributed by atoms with E-state index in [2.05, 4.69) is 85.0 Å². The molecule has 0 aromatic heterocycles. The fraction of sp³-hybridized carbons (Fsp3) is 0.879. The molecule has 0 heterocycles. The minimum atomic E-state index is 0.638. The quantitative estimate of drug-likeness (QED) is 0.309. The molecular formula is C33H71N3O. The average Bonchev–Trinajstić information content (AvgIpc) is 2.89. The summed E-state index contributed by atoms with van der Waals surface area (Å²) in [6.45, 7) is 23.4. The van der Waals surface area contributed by atoms with Gasteiger partial charge in [-0.2, -0.15) is 0 Å². The number of nitrogens with zero attached hydrogens (tertiary/aromatic N) is 1. The Labute approximate surface area is 235 Å². The van der Waals surface area contributed by atoms with Crippen molar-refractivity contribution < 1.29 is 4.74 Å². The third-order valence-electron chi connectivity index (χ3n) is 6.64. The highest BCUT2D eigenvalue weighted by Crippen LogP contribution is 2.22. The third kappa shape index (κ3) is 29.3. The minimum absolute atomic E-state index is 0.638. The van der Waals surface area contributed by atoms with Gasteiger partial charge in [-0.15, -0.1) is 0 Å². The van der Waals surface area contributed by atoms with E-state index >= 15 is 0 Å². The molecule has 2 saturated carbocycles. The molecule has 4 nitrogen and oxygen atoms in total. The number of allylic oxidation sites excluding steroid dienone is 3. The summed E-state index contributed by atoms with van der Waals surface area (Å²) in [5.74, 6) is 2.00. The Bertz CT molecular complexity index is 520. The van der Waals surface area contributed by atoms with Crippen molar-refractivity contribution in [1.82, 2.24) is 15.5 Å². The lowest BCUT2D eigenvalue weighted by atomic mass is 9.91. The van der Waals surface area contributed by atoms with Crippen molar-refractivity contribution in [2.45, 2.75) is 152 Å². The van der Waals surface area contributed by atoms with Gasteiger partial charge in [0.1, 0.15) is 0 Å². The van der Waals surface area contributed by atoms with Crippen LogP contribution in [0.25, 0.3) is 0 Å². The summed E-state index contributed by atoms with van der Waals surface area (Å²) in [6, 6.07) is 0.638. The van der Waals surface area contributed by atoms with Crippen LogP contribution in [0.5, 0.6) is 0 Å². The number of unbranched alkanes of at least 4 members (excludes halogenated alkanes) is 1. The van der Waals surface area contributed by atoms with Crippen LogP contribution in [0.3, 0.4) is 0 Å². The maximum Gasteiger partial charge on any atom is 0.185 e. The lowest BCUT2D eigenvalue weighted by Crippen LogP contribution is -2.31. The molecule has 2 N–H and O–H groups in total. The molecule has 0 spiro atoms. The Morgan fingerprint density at radius 3 is 1.51 bits per heavy atom. The minimum Gasteiger partial charge on any atom is -0.483 e. The third-order valence-corrected chi connectivity index (χ3v) is 6.64. The Morgan fingerprint density at radius 2 is 1.27 bits per heavy atom. The number of nitrogens with one attached hydrogen (secondary N) is 2. The van der Waals surface area contributed by atoms with E-state index < -0.39 is 0 Å². The number of hydrogen-bond acceptors (Lipinski definition) is 4. The first-order valence-electron chi connectivity index (χ1n) is 15.6. The van der Waals surface area contributed by atoms with Crippen molar-refractivity contribution in [2.75, 3.05) is 34.3 Å².